The molecule has 0 saturated carbocycles. The van der Waals surface area contributed by atoms with E-state index in [0.29, 0.717) is 13.1 Å². The quantitative estimate of drug-likeness (QED) is 0.761. The Bertz CT molecular complexity index is 597. The van der Waals surface area contributed by atoms with Crippen molar-refractivity contribution < 1.29 is 9.90 Å². The van der Waals surface area contributed by atoms with E-state index in [1.807, 2.05) is 49.4 Å². The van der Waals surface area contributed by atoms with E-state index in [-0.39, 0.29) is 18.2 Å². The van der Waals surface area contributed by atoms with Crippen LogP contribution in [0, 0.1) is 6.92 Å². The van der Waals surface area contributed by atoms with Crippen LogP contribution in [0.2, 0.25) is 0 Å². The molecule has 0 radical (unpaired) electrons. The Morgan fingerprint density at radius 3 is 2.62 bits per heavy atom. The molecule has 4 heteroatoms. The van der Waals surface area contributed by atoms with Gasteiger partial charge in [-0.3, -0.25) is 4.79 Å². The van der Waals surface area contributed by atoms with Crippen LogP contribution in [0.3, 0.4) is 0 Å². The summed E-state index contributed by atoms with van der Waals surface area (Å²) in [5, 5.41) is 15.6. The first kappa shape index (κ1) is 15.1. The lowest BCUT2D eigenvalue weighted by Crippen LogP contribution is -2.33. The van der Waals surface area contributed by atoms with Crippen molar-refractivity contribution in [2.24, 2.45) is 0 Å². The number of aryl methyl sites for hydroxylation is 1. The van der Waals surface area contributed by atoms with Gasteiger partial charge in [-0.1, -0.05) is 48.0 Å². The average Bonchev–Trinajstić information content (AvgIpc) is 2.50. The highest BCUT2D eigenvalue weighted by atomic mass is 16.3. The van der Waals surface area contributed by atoms with Gasteiger partial charge in [0, 0.05) is 18.7 Å². The zero-order valence-corrected chi connectivity index (χ0v) is 12.1. The third-order valence-corrected chi connectivity index (χ3v) is 3.17. The molecule has 0 aromatic heterocycles. The maximum absolute atomic E-state index is 11.7. The van der Waals surface area contributed by atoms with Crippen molar-refractivity contribution in [1.82, 2.24) is 10.6 Å². The van der Waals surface area contributed by atoms with Crippen molar-refractivity contribution in [1.29, 1.82) is 0 Å². The topological polar surface area (TPSA) is 61.4 Å². The first-order valence-electron chi connectivity index (χ1n) is 6.95. The molecule has 0 saturated heterocycles. The number of amides is 1. The van der Waals surface area contributed by atoms with Crippen LogP contribution >= 0.6 is 0 Å². The lowest BCUT2D eigenvalue weighted by molar-refractivity contribution is -0.120. The lowest BCUT2D eigenvalue weighted by atomic mass is 10.1. The highest BCUT2D eigenvalue weighted by Crippen LogP contribution is 2.17. The molecule has 2 aromatic rings. The van der Waals surface area contributed by atoms with Crippen molar-refractivity contribution in [3.05, 3.63) is 65.2 Å². The lowest BCUT2D eigenvalue weighted by Gasteiger charge is -2.08. The van der Waals surface area contributed by atoms with Gasteiger partial charge in [-0.05, 0) is 18.6 Å². The molecule has 0 bridgehead atoms. The molecular formula is C17H20N2O2. The minimum absolute atomic E-state index is 0.0639. The Labute approximate surface area is 124 Å². The Hall–Kier alpha value is -2.33. The van der Waals surface area contributed by atoms with Gasteiger partial charge in [-0.2, -0.15) is 0 Å². The molecule has 1 amide bonds. The first-order chi connectivity index (χ1) is 10.1. The number of phenolic OH excluding ortho intramolecular Hbond substituents is 1. The number of nitrogens with one attached hydrogen (secondary N) is 2. The minimum Gasteiger partial charge on any atom is -0.508 e. The molecule has 21 heavy (non-hydrogen) atoms. The third-order valence-electron chi connectivity index (χ3n) is 3.17. The van der Waals surface area contributed by atoms with E-state index in [1.54, 1.807) is 6.07 Å². The van der Waals surface area contributed by atoms with Crippen LogP contribution in [-0.2, 0) is 17.9 Å². The maximum Gasteiger partial charge on any atom is 0.234 e. The van der Waals surface area contributed by atoms with E-state index in [9.17, 15) is 9.90 Å². The number of benzene rings is 2. The highest BCUT2D eigenvalue weighted by Gasteiger charge is 2.04. The second-order valence-corrected chi connectivity index (χ2v) is 5.00. The van der Waals surface area contributed by atoms with Crippen LogP contribution in [0.25, 0.3) is 0 Å². The monoisotopic (exact) mass is 284 g/mol. The molecule has 0 heterocycles. The normalized spacial score (nSPS) is 10.3. The van der Waals surface area contributed by atoms with E-state index in [0.717, 1.165) is 16.7 Å². The van der Waals surface area contributed by atoms with Crippen molar-refractivity contribution in [2.45, 2.75) is 20.0 Å². The number of phenols is 1. The summed E-state index contributed by atoms with van der Waals surface area (Å²) in [6.07, 6.45) is 0. The van der Waals surface area contributed by atoms with Gasteiger partial charge in [0.1, 0.15) is 5.75 Å². The van der Waals surface area contributed by atoms with Crippen molar-refractivity contribution >= 4 is 5.91 Å². The standard InChI is InChI=1S/C17H20N2O2/c1-13-7-8-16(20)15(9-13)11-18-12-17(21)19-10-14-5-3-2-4-6-14/h2-9,18,20H,10-12H2,1H3,(H,19,21). The fourth-order valence-corrected chi connectivity index (χ4v) is 2.03. The Morgan fingerprint density at radius 1 is 1.10 bits per heavy atom. The number of rotatable bonds is 6. The number of carbonyl (C=O) groups is 1. The van der Waals surface area contributed by atoms with Gasteiger partial charge < -0.3 is 15.7 Å². The Morgan fingerprint density at radius 2 is 1.86 bits per heavy atom. The summed E-state index contributed by atoms with van der Waals surface area (Å²) in [7, 11) is 0. The van der Waals surface area contributed by atoms with Gasteiger partial charge in [0.2, 0.25) is 5.91 Å². The summed E-state index contributed by atoms with van der Waals surface area (Å²) in [4.78, 5) is 11.7. The largest absolute Gasteiger partial charge is 0.508 e. The second kappa shape index (κ2) is 7.45. The van der Waals surface area contributed by atoms with Crippen LogP contribution in [0.5, 0.6) is 5.75 Å². The number of carbonyl (C=O) groups excluding carboxylic acids is 1. The van der Waals surface area contributed by atoms with Gasteiger partial charge in [-0.25, -0.2) is 0 Å². The van der Waals surface area contributed by atoms with Crippen LogP contribution < -0.4 is 10.6 Å². The van der Waals surface area contributed by atoms with Crippen LogP contribution in [0.1, 0.15) is 16.7 Å². The maximum atomic E-state index is 11.7. The van der Waals surface area contributed by atoms with Crippen molar-refractivity contribution in [2.75, 3.05) is 6.54 Å². The molecule has 3 N–H and O–H groups in total. The van der Waals surface area contributed by atoms with E-state index in [4.69, 9.17) is 0 Å². The summed E-state index contributed by atoms with van der Waals surface area (Å²) >= 11 is 0. The predicted molar refractivity (Wildman–Crippen MR) is 82.8 cm³/mol. The van der Waals surface area contributed by atoms with Crippen LogP contribution in [-0.4, -0.2) is 17.6 Å². The van der Waals surface area contributed by atoms with E-state index >= 15 is 0 Å². The number of aromatic hydroxyl groups is 1. The summed E-state index contributed by atoms with van der Waals surface area (Å²) in [6.45, 7) is 3.18. The van der Waals surface area contributed by atoms with Crippen molar-refractivity contribution in [3.63, 3.8) is 0 Å². The van der Waals surface area contributed by atoms with E-state index in [2.05, 4.69) is 10.6 Å². The van der Waals surface area contributed by atoms with Gasteiger partial charge >= 0.3 is 0 Å². The van der Waals surface area contributed by atoms with E-state index in [1.165, 1.54) is 0 Å². The summed E-state index contributed by atoms with van der Waals surface area (Å²) in [5.41, 5.74) is 2.95. The molecule has 0 atom stereocenters. The molecule has 0 unspecified atom stereocenters. The Kier molecular flexibility index (Phi) is 5.35. The van der Waals surface area contributed by atoms with Gasteiger partial charge in [0.25, 0.3) is 0 Å². The van der Waals surface area contributed by atoms with Gasteiger partial charge in [0.15, 0.2) is 0 Å². The number of hydrogen-bond donors (Lipinski definition) is 3. The molecular weight excluding hydrogens is 264 g/mol. The summed E-state index contributed by atoms with van der Waals surface area (Å²) in [5.74, 6) is 0.184. The SMILES string of the molecule is Cc1ccc(O)c(CNCC(=O)NCc2ccccc2)c1. The van der Waals surface area contributed by atoms with E-state index < -0.39 is 0 Å². The fraction of sp³-hybridized carbons (Fsp3) is 0.235. The van der Waals surface area contributed by atoms with Gasteiger partial charge in [0.05, 0.1) is 6.54 Å². The molecule has 0 fully saturated rings. The molecule has 0 aliphatic rings. The van der Waals surface area contributed by atoms with Gasteiger partial charge in [-0.15, -0.1) is 0 Å². The molecule has 0 aliphatic carbocycles. The first-order valence-corrected chi connectivity index (χ1v) is 6.95. The summed E-state index contributed by atoms with van der Waals surface area (Å²) < 4.78 is 0. The molecule has 110 valence electrons. The molecule has 4 nitrogen and oxygen atoms in total. The third kappa shape index (κ3) is 4.93. The number of hydrogen-bond acceptors (Lipinski definition) is 3. The predicted octanol–water partition coefficient (Wildman–Crippen LogP) is 2.11. The fourth-order valence-electron chi connectivity index (χ4n) is 2.03. The summed E-state index contributed by atoms with van der Waals surface area (Å²) in [6, 6.07) is 15.2. The molecule has 0 aliphatic heterocycles. The zero-order valence-electron chi connectivity index (χ0n) is 12.1. The molecule has 0 spiro atoms. The molecule has 2 rings (SSSR count). The Balaban J connectivity index is 1.73. The average molecular weight is 284 g/mol. The van der Waals surface area contributed by atoms with Crippen molar-refractivity contribution in [3.8, 4) is 5.75 Å². The smallest absolute Gasteiger partial charge is 0.234 e. The zero-order chi connectivity index (χ0) is 15.1. The minimum atomic E-state index is -0.0639. The highest BCUT2D eigenvalue weighted by molar-refractivity contribution is 5.77. The van der Waals surface area contributed by atoms with Crippen LogP contribution in [0.4, 0.5) is 0 Å². The molecule has 2 aromatic carbocycles. The second-order valence-electron chi connectivity index (χ2n) is 5.00. The van der Waals surface area contributed by atoms with Crippen LogP contribution in [0.15, 0.2) is 48.5 Å².